The molecule has 3 rings (SSSR count). The lowest BCUT2D eigenvalue weighted by molar-refractivity contribution is -0.136. The number of piperazine rings is 1. The molecule has 1 fully saturated rings. The minimum absolute atomic E-state index is 0.295. The topological polar surface area (TPSA) is 73.9 Å². The van der Waals surface area contributed by atoms with Crippen LogP contribution >= 0.6 is 0 Å². The van der Waals surface area contributed by atoms with Crippen LogP contribution in [0.25, 0.3) is 0 Å². The fourth-order valence-electron chi connectivity index (χ4n) is 3.71. The van der Waals surface area contributed by atoms with Crippen molar-refractivity contribution in [1.82, 2.24) is 20.4 Å². The first-order valence-electron chi connectivity index (χ1n) is 9.26. The lowest BCUT2D eigenvalue weighted by atomic mass is 9.91. The van der Waals surface area contributed by atoms with E-state index in [1.54, 1.807) is 0 Å². The van der Waals surface area contributed by atoms with Gasteiger partial charge in [0.2, 0.25) is 0 Å². The minimum Gasteiger partial charge on any atom is -0.466 e. The Hall–Kier alpha value is -2.38. The van der Waals surface area contributed by atoms with Crippen molar-refractivity contribution in [2.75, 3.05) is 46.9 Å². The first-order chi connectivity index (χ1) is 12.9. The highest BCUT2D eigenvalue weighted by Gasteiger charge is 2.35. The van der Waals surface area contributed by atoms with Crippen LogP contribution in [0.15, 0.2) is 29.5 Å². The summed E-state index contributed by atoms with van der Waals surface area (Å²) in [6, 6.07) is 5.20. The van der Waals surface area contributed by atoms with Gasteiger partial charge in [-0.1, -0.05) is 23.8 Å². The molecule has 0 radical (unpaired) electrons. The number of rotatable bonds is 4. The molecule has 1 aromatic rings. The third kappa shape index (κ3) is 4.31. The van der Waals surface area contributed by atoms with Crippen LogP contribution < -0.4 is 10.6 Å². The smallest absolute Gasteiger partial charge is 0.338 e. The summed E-state index contributed by atoms with van der Waals surface area (Å²) in [5.41, 5.74) is 4.18. The van der Waals surface area contributed by atoms with Gasteiger partial charge >= 0.3 is 12.0 Å². The Kier molecular flexibility index (Phi) is 5.82. The van der Waals surface area contributed by atoms with Gasteiger partial charge in [0.25, 0.3) is 0 Å². The highest BCUT2D eigenvalue weighted by molar-refractivity contribution is 5.95. The van der Waals surface area contributed by atoms with Crippen molar-refractivity contribution in [3.8, 4) is 0 Å². The Bertz CT molecular complexity index is 766. The number of hydrogen-bond donors (Lipinski definition) is 2. The molecule has 0 aromatic heterocycles. The van der Waals surface area contributed by atoms with E-state index in [2.05, 4.69) is 33.5 Å². The summed E-state index contributed by atoms with van der Waals surface area (Å²) in [5, 5.41) is 5.74. The molecular formula is C20H28N4O3. The van der Waals surface area contributed by atoms with Gasteiger partial charge in [-0.2, -0.15) is 0 Å². The molecule has 2 amide bonds. The number of nitrogens with zero attached hydrogens (tertiary/aromatic N) is 2. The maximum Gasteiger partial charge on any atom is 0.338 e. The predicted molar refractivity (Wildman–Crippen MR) is 103 cm³/mol. The summed E-state index contributed by atoms with van der Waals surface area (Å²) in [4.78, 5) is 29.5. The SMILES string of the molecule is COC(=O)C1=C(CN2CCN(C)CC2)NC(=O)NC1c1ccc(C)cc1C. The lowest BCUT2D eigenvalue weighted by Gasteiger charge is -2.36. The molecule has 1 saturated heterocycles. The average molecular weight is 372 g/mol. The van der Waals surface area contributed by atoms with Crippen molar-refractivity contribution in [1.29, 1.82) is 0 Å². The van der Waals surface area contributed by atoms with Gasteiger partial charge in [0, 0.05) is 38.4 Å². The molecule has 27 heavy (non-hydrogen) atoms. The molecule has 2 aliphatic heterocycles. The lowest BCUT2D eigenvalue weighted by Crippen LogP contribution is -2.51. The fraction of sp³-hybridized carbons (Fsp3) is 0.500. The van der Waals surface area contributed by atoms with Crippen molar-refractivity contribution < 1.29 is 14.3 Å². The van der Waals surface area contributed by atoms with Gasteiger partial charge < -0.3 is 20.3 Å². The number of urea groups is 1. The standard InChI is InChI=1S/C20H28N4O3/c1-13-5-6-15(14(2)11-13)18-17(19(25)27-4)16(21-20(26)22-18)12-24-9-7-23(3)8-10-24/h5-6,11,18H,7-10,12H2,1-4H3,(H2,21,22,26). The summed E-state index contributed by atoms with van der Waals surface area (Å²) in [6.45, 7) is 8.26. The number of carbonyl (C=O) groups is 2. The molecule has 2 N–H and O–H groups in total. The molecule has 0 bridgehead atoms. The Morgan fingerprint density at radius 3 is 2.56 bits per heavy atom. The monoisotopic (exact) mass is 372 g/mol. The first-order valence-corrected chi connectivity index (χ1v) is 9.26. The second-order valence-corrected chi connectivity index (χ2v) is 7.35. The zero-order chi connectivity index (χ0) is 19.6. The largest absolute Gasteiger partial charge is 0.466 e. The van der Waals surface area contributed by atoms with Crippen molar-refractivity contribution >= 4 is 12.0 Å². The Morgan fingerprint density at radius 2 is 1.93 bits per heavy atom. The number of nitrogens with one attached hydrogen (secondary N) is 2. The Morgan fingerprint density at radius 1 is 1.22 bits per heavy atom. The molecule has 7 heteroatoms. The van der Waals surface area contributed by atoms with Crippen LogP contribution in [0.1, 0.15) is 22.7 Å². The van der Waals surface area contributed by atoms with Crippen molar-refractivity contribution in [3.05, 3.63) is 46.2 Å². The molecule has 1 unspecified atom stereocenters. The van der Waals surface area contributed by atoms with Gasteiger partial charge in [0.1, 0.15) is 0 Å². The molecule has 2 heterocycles. The number of hydrogen-bond acceptors (Lipinski definition) is 5. The van der Waals surface area contributed by atoms with Crippen LogP contribution in [0, 0.1) is 13.8 Å². The normalized spacial score (nSPS) is 21.6. The van der Waals surface area contributed by atoms with Gasteiger partial charge in [-0.15, -0.1) is 0 Å². The molecule has 0 spiro atoms. The number of benzene rings is 1. The highest BCUT2D eigenvalue weighted by atomic mass is 16.5. The first kappa shape index (κ1) is 19.4. The maximum atomic E-state index is 12.6. The molecule has 1 aromatic carbocycles. The molecule has 1 atom stereocenters. The summed E-state index contributed by atoms with van der Waals surface area (Å²) in [6.07, 6.45) is 0. The van der Waals surface area contributed by atoms with E-state index in [1.807, 2.05) is 26.0 Å². The summed E-state index contributed by atoms with van der Waals surface area (Å²) >= 11 is 0. The van der Waals surface area contributed by atoms with Gasteiger partial charge in [-0.3, -0.25) is 4.90 Å². The number of ether oxygens (including phenoxy) is 1. The van der Waals surface area contributed by atoms with E-state index in [4.69, 9.17) is 4.74 Å². The van der Waals surface area contributed by atoms with Gasteiger partial charge in [-0.25, -0.2) is 9.59 Å². The predicted octanol–water partition coefficient (Wildman–Crippen LogP) is 1.33. The van der Waals surface area contributed by atoms with E-state index in [0.717, 1.165) is 42.9 Å². The number of amides is 2. The zero-order valence-corrected chi connectivity index (χ0v) is 16.5. The van der Waals surface area contributed by atoms with Crippen LogP contribution in [0.5, 0.6) is 0 Å². The quantitative estimate of drug-likeness (QED) is 0.780. The Balaban J connectivity index is 1.98. The number of aryl methyl sites for hydroxylation is 2. The molecule has 0 saturated carbocycles. The van der Waals surface area contributed by atoms with Crippen LogP contribution in [0.4, 0.5) is 4.79 Å². The molecule has 2 aliphatic rings. The molecular weight excluding hydrogens is 344 g/mol. The molecule has 146 valence electrons. The van der Waals surface area contributed by atoms with Crippen LogP contribution in [-0.4, -0.2) is 68.7 Å². The van der Waals surface area contributed by atoms with E-state index in [-0.39, 0.29) is 6.03 Å². The van der Waals surface area contributed by atoms with Gasteiger partial charge in [0.05, 0.1) is 18.7 Å². The second-order valence-electron chi connectivity index (χ2n) is 7.35. The second kappa shape index (κ2) is 8.10. The van der Waals surface area contributed by atoms with Crippen LogP contribution in [0.3, 0.4) is 0 Å². The van der Waals surface area contributed by atoms with Crippen LogP contribution in [-0.2, 0) is 9.53 Å². The van der Waals surface area contributed by atoms with E-state index in [0.29, 0.717) is 17.8 Å². The van der Waals surface area contributed by atoms with Gasteiger partial charge in [0.15, 0.2) is 0 Å². The third-order valence-corrected chi connectivity index (χ3v) is 5.27. The number of esters is 1. The number of carbonyl (C=O) groups excluding carboxylic acids is 2. The van der Waals surface area contributed by atoms with Crippen LogP contribution in [0.2, 0.25) is 0 Å². The zero-order valence-electron chi connectivity index (χ0n) is 16.5. The summed E-state index contributed by atoms with van der Waals surface area (Å²) < 4.78 is 5.06. The molecule has 7 nitrogen and oxygen atoms in total. The van der Waals surface area contributed by atoms with E-state index >= 15 is 0 Å². The third-order valence-electron chi connectivity index (χ3n) is 5.27. The van der Waals surface area contributed by atoms with Crippen molar-refractivity contribution in [2.45, 2.75) is 19.9 Å². The Labute approximate surface area is 160 Å². The van der Waals surface area contributed by atoms with E-state index in [1.165, 1.54) is 7.11 Å². The fourth-order valence-corrected chi connectivity index (χ4v) is 3.71. The minimum atomic E-state index is -0.519. The van der Waals surface area contributed by atoms with E-state index in [9.17, 15) is 9.59 Å². The van der Waals surface area contributed by atoms with Crippen molar-refractivity contribution in [2.24, 2.45) is 0 Å². The number of methoxy groups -OCH3 is 1. The van der Waals surface area contributed by atoms with Gasteiger partial charge in [-0.05, 0) is 32.0 Å². The molecule has 0 aliphatic carbocycles. The summed E-state index contributed by atoms with van der Waals surface area (Å²) in [5.74, 6) is -0.420. The van der Waals surface area contributed by atoms with E-state index < -0.39 is 12.0 Å². The highest BCUT2D eigenvalue weighted by Crippen LogP contribution is 2.30. The average Bonchev–Trinajstić information content (AvgIpc) is 2.62. The maximum absolute atomic E-state index is 12.6. The van der Waals surface area contributed by atoms with Crippen molar-refractivity contribution in [3.63, 3.8) is 0 Å². The number of likely N-dealkylation sites (N-methyl/N-ethyl adjacent to an activating group) is 1. The summed E-state index contributed by atoms with van der Waals surface area (Å²) in [7, 11) is 3.47.